The van der Waals surface area contributed by atoms with E-state index in [0.29, 0.717) is 13.0 Å². The normalized spacial score (nSPS) is 14.3. The van der Waals surface area contributed by atoms with E-state index >= 15 is 0 Å². The third-order valence-corrected chi connectivity index (χ3v) is 2.87. The lowest BCUT2D eigenvalue weighted by Crippen LogP contribution is -2.44. The number of carboxylic acids is 1. The second-order valence-electron chi connectivity index (χ2n) is 5.20. The van der Waals surface area contributed by atoms with Crippen LogP contribution >= 0.6 is 0 Å². The van der Waals surface area contributed by atoms with Gasteiger partial charge in [0.25, 0.3) is 0 Å². The molecule has 0 spiro atoms. The van der Waals surface area contributed by atoms with Crippen molar-refractivity contribution in [3.05, 3.63) is 0 Å². The van der Waals surface area contributed by atoms with Crippen molar-refractivity contribution in [3.63, 3.8) is 0 Å². The molecule has 0 aliphatic rings. The predicted molar refractivity (Wildman–Crippen MR) is 71.4 cm³/mol. The second kappa shape index (κ2) is 8.08. The molecular formula is C13H26N2O3. The van der Waals surface area contributed by atoms with Crippen LogP contribution in [0.3, 0.4) is 0 Å². The Labute approximate surface area is 110 Å². The zero-order valence-electron chi connectivity index (χ0n) is 12.1. The maximum Gasteiger partial charge on any atom is 0.303 e. The summed E-state index contributed by atoms with van der Waals surface area (Å²) in [7, 11) is 3.95. The number of carbonyl (C=O) groups excluding carboxylic acids is 1. The fourth-order valence-electron chi connectivity index (χ4n) is 2.15. The van der Waals surface area contributed by atoms with Crippen molar-refractivity contribution in [3.8, 4) is 0 Å². The van der Waals surface area contributed by atoms with E-state index in [-0.39, 0.29) is 24.3 Å². The third-order valence-electron chi connectivity index (χ3n) is 2.87. The molecule has 0 aliphatic carbocycles. The molecule has 2 unspecified atom stereocenters. The second-order valence-corrected chi connectivity index (χ2v) is 5.20. The Hall–Kier alpha value is -1.10. The number of aliphatic carboxylic acids is 1. The topological polar surface area (TPSA) is 60.9 Å². The molecule has 0 aromatic rings. The zero-order valence-corrected chi connectivity index (χ0v) is 12.1. The fraction of sp³-hybridized carbons (Fsp3) is 0.846. The van der Waals surface area contributed by atoms with Gasteiger partial charge in [-0.25, -0.2) is 0 Å². The molecule has 0 aromatic carbocycles. The van der Waals surface area contributed by atoms with E-state index in [1.54, 1.807) is 6.92 Å². The summed E-state index contributed by atoms with van der Waals surface area (Å²) in [6.07, 6.45) is 0.350. The van der Waals surface area contributed by atoms with E-state index < -0.39 is 5.97 Å². The number of carbonyl (C=O) groups is 2. The molecule has 0 saturated carbocycles. The lowest BCUT2D eigenvalue weighted by Gasteiger charge is -2.31. The van der Waals surface area contributed by atoms with Crippen LogP contribution in [0.2, 0.25) is 0 Å². The van der Waals surface area contributed by atoms with Crippen LogP contribution in [0.25, 0.3) is 0 Å². The predicted octanol–water partition coefficient (Wildman–Crippen LogP) is 1.29. The van der Waals surface area contributed by atoms with Gasteiger partial charge in [0, 0.05) is 32.0 Å². The smallest absolute Gasteiger partial charge is 0.303 e. The lowest BCUT2D eigenvalue weighted by molar-refractivity contribution is -0.139. The summed E-state index contributed by atoms with van der Waals surface area (Å²) in [5, 5.41) is 8.69. The minimum Gasteiger partial charge on any atom is -0.481 e. The Morgan fingerprint density at radius 2 is 1.72 bits per heavy atom. The summed E-state index contributed by atoms with van der Waals surface area (Å²) in [6.45, 7) is 7.24. The number of amides is 1. The number of nitrogens with zero attached hydrogens (tertiary/aromatic N) is 2. The fourth-order valence-corrected chi connectivity index (χ4v) is 2.15. The van der Waals surface area contributed by atoms with Gasteiger partial charge in [0.1, 0.15) is 0 Å². The van der Waals surface area contributed by atoms with Crippen LogP contribution in [0.15, 0.2) is 0 Å². The van der Waals surface area contributed by atoms with Gasteiger partial charge >= 0.3 is 5.97 Å². The Bertz CT molecular complexity index is 279. The number of likely N-dealkylation sites (N-methyl/N-ethyl adjacent to an activating group) is 2. The van der Waals surface area contributed by atoms with Gasteiger partial charge in [-0.3, -0.25) is 9.59 Å². The summed E-state index contributed by atoms with van der Waals surface area (Å²) >= 11 is 0. The molecule has 1 N–H and O–H groups in total. The summed E-state index contributed by atoms with van der Waals surface area (Å²) < 4.78 is 0. The number of hydrogen-bond acceptors (Lipinski definition) is 3. The maximum atomic E-state index is 12.1. The van der Waals surface area contributed by atoms with Crippen molar-refractivity contribution < 1.29 is 14.7 Å². The van der Waals surface area contributed by atoms with Crippen LogP contribution in [-0.4, -0.2) is 60.0 Å². The molecule has 5 heteroatoms. The van der Waals surface area contributed by atoms with Crippen LogP contribution < -0.4 is 0 Å². The standard InChI is InChI=1S/C13H26N2O3/c1-6-15(11(3)9-14(4)5)12(16)7-10(2)8-13(17)18/h10-11H,6-9H2,1-5H3,(H,17,18). The molecular weight excluding hydrogens is 232 g/mol. The lowest BCUT2D eigenvalue weighted by atomic mass is 10.0. The van der Waals surface area contributed by atoms with Gasteiger partial charge in [0.05, 0.1) is 0 Å². The highest BCUT2D eigenvalue weighted by Crippen LogP contribution is 2.12. The van der Waals surface area contributed by atoms with Crippen molar-refractivity contribution in [1.29, 1.82) is 0 Å². The molecule has 0 aliphatic heterocycles. The first-order valence-corrected chi connectivity index (χ1v) is 6.43. The largest absolute Gasteiger partial charge is 0.481 e. The van der Waals surface area contributed by atoms with Crippen LogP contribution in [0.4, 0.5) is 0 Å². The van der Waals surface area contributed by atoms with Crippen LogP contribution in [0.5, 0.6) is 0 Å². The zero-order chi connectivity index (χ0) is 14.3. The molecule has 0 radical (unpaired) electrons. The summed E-state index contributed by atoms with van der Waals surface area (Å²) in [5.74, 6) is -0.920. The first-order valence-electron chi connectivity index (χ1n) is 6.43. The molecule has 0 rings (SSSR count). The molecule has 0 heterocycles. The van der Waals surface area contributed by atoms with E-state index in [1.807, 2.05) is 37.7 Å². The first-order chi connectivity index (χ1) is 8.27. The highest BCUT2D eigenvalue weighted by atomic mass is 16.4. The van der Waals surface area contributed by atoms with Crippen LogP contribution in [0.1, 0.15) is 33.6 Å². The van der Waals surface area contributed by atoms with Crippen LogP contribution in [-0.2, 0) is 9.59 Å². The van der Waals surface area contributed by atoms with E-state index in [9.17, 15) is 9.59 Å². The van der Waals surface area contributed by atoms with Gasteiger partial charge in [-0.15, -0.1) is 0 Å². The van der Waals surface area contributed by atoms with E-state index in [2.05, 4.69) is 0 Å². The molecule has 0 bridgehead atoms. The Morgan fingerprint density at radius 3 is 2.11 bits per heavy atom. The molecule has 18 heavy (non-hydrogen) atoms. The van der Waals surface area contributed by atoms with Gasteiger partial charge in [0.15, 0.2) is 0 Å². The first kappa shape index (κ1) is 16.9. The van der Waals surface area contributed by atoms with Crippen molar-refractivity contribution >= 4 is 11.9 Å². The molecule has 5 nitrogen and oxygen atoms in total. The van der Waals surface area contributed by atoms with Gasteiger partial charge in [-0.1, -0.05) is 6.92 Å². The van der Waals surface area contributed by atoms with Gasteiger partial charge in [-0.2, -0.15) is 0 Å². The Balaban J connectivity index is 4.38. The van der Waals surface area contributed by atoms with E-state index in [1.165, 1.54) is 0 Å². The summed E-state index contributed by atoms with van der Waals surface area (Å²) in [6, 6.07) is 0.148. The summed E-state index contributed by atoms with van der Waals surface area (Å²) in [4.78, 5) is 26.5. The minimum atomic E-state index is -0.848. The average Bonchev–Trinajstić information content (AvgIpc) is 2.14. The molecule has 2 atom stereocenters. The number of rotatable bonds is 8. The van der Waals surface area contributed by atoms with Crippen molar-refractivity contribution in [2.24, 2.45) is 5.92 Å². The molecule has 106 valence electrons. The Kier molecular flexibility index (Phi) is 7.59. The van der Waals surface area contributed by atoms with Crippen molar-refractivity contribution in [2.75, 3.05) is 27.2 Å². The maximum absolute atomic E-state index is 12.1. The number of carboxylic acid groups (broad SMARTS) is 1. The summed E-state index contributed by atoms with van der Waals surface area (Å²) in [5.41, 5.74) is 0. The average molecular weight is 258 g/mol. The highest BCUT2D eigenvalue weighted by molar-refractivity contribution is 5.77. The SMILES string of the molecule is CCN(C(=O)CC(C)CC(=O)O)C(C)CN(C)C. The Morgan fingerprint density at radius 1 is 1.17 bits per heavy atom. The van der Waals surface area contributed by atoms with Crippen molar-refractivity contribution in [2.45, 2.75) is 39.7 Å². The highest BCUT2D eigenvalue weighted by Gasteiger charge is 2.21. The number of hydrogen-bond donors (Lipinski definition) is 1. The minimum absolute atomic E-state index is 0.0422. The van der Waals surface area contributed by atoms with Gasteiger partial charge in [-0.05, 0) is 33.9 Å². The van der Waals surface area contributed by atoms with E-state index in [0.717, 1.165) is 6.54 Å². The van der Waals surface area contributed by atoms with E-state index in [4.69, 9.17) is 5.11 Å². The molecule has 0 saturated heterocycles. The molecule has 0 aromatic heterocycles. The quantitative estimate of drug-likeness (QED) is 0.712. The van der Waals surface area contributed by atoms with Gasteiger partial charge < -0.3 is 14.9 Å². The molecule has 1 amide bonds. The van der Waals surface area contributed by atoms with Crippen LogP contribution in [0, 0.1) is 5.92 Å². The molecule has 0 fully saturated rings. The van der Waals surface area contributed by atoms with Gasteiger partial charge in [0.2, 0.25) is 5.91 Å². The monoisotopic (exact) mass is 258 g/mol. The third kappa shape index (κ3) is 6.59. The van der Waals surface area contributed by atoms with Crippen molar-refractivity contribution in [1.82, 2.24) is 9.80 Å².